The maximum absolute atomic E-state index is 12.3. The summed E-state index contributed by atoms with van der Waals surface area (Å²) < 4.78 is 59.9. The van der Waals surface area contributed by atoms with Crippen molar-refractivity contribution >= 4 is 5.82 Å². The minimum atomic E-state index is -2.35. The zero-order valence-electron chi connectivity index (χ0n) is 5.64. The molecule has 0 saturated heterocycles. The Morgan fingerprint density at radius 2 is 1.85 bits per heavy atom. The van der Waals surface area contributed by atoms with E-state index in [9.17, 15) is 27.0 Å². The first-order valence-corrected chi connectivity index (χ1v) is 2.71. The zero-order valence-corrected chi connectivity index (χ0v) is 5.64. The number of halogens is 5. The standard InChI is InChI=1S/C4F5N3O/c5-1-2(6)11(7)4(13)10-3(1)12(8)9. The second-order valence-corrected chi connectivity index (χ2v) is 1.84. The minimum absolute atomic E-state index is 1.32. The van der Waals surface area contributed by atoms with E-state index in [1.165, 1.54) is 0 Å². The van der Waals surface area contributed by atoms with Crippen molar-refractivity contribution in [3.8, 4) is 0 Å². The van der Waals surface area contributed by atoms with Gasteiger partial charge in [-0.05, 0) is 5.34 Å². The van der Waals surface area contributed by atoms with Crippen LogP contribution in [0.15, 0.2) is 4.79 Å². The topological polar surface area (TPSA) is 38.1 Å². The number of hydrogen-bond donors (Lipinski definition) is 0. The lowest BCUT2D eigenvalue weighted by Crippen LogP contribution is -2.24. The Morgan fingerprint density at radius 3 is 2.31 bits per heavy atom. The first-order chi connectivity index (χ1) is 5.95. The Morgan fingerprint density at radius 1 is 1.31 bits per heavy atom. The lowest BCUT2D eigenvalue weighted by atomic mass is 10.5. The molecule has 0 unspecified atom stereocenters. The fraction of sp³-hybridized carbons (Fsp3) is 0. The molecule has 0 aliphatic heterocycles. The van der Waals surface area contributed by atoms with Crippen LogP contribution >= 0.6 is 0 Å². The van der Waals surface area contributed by atoms with Crippen LogP contribution in [0.4, 0.5) is 28.0 Å². The van der Waals surface area contributed by atoms with E-state index in [-0.39, 0.29) is 0 Å². The van der Waals surface area contributed by atoms with Gasteiger partial charge in [0, 0.05) is 0 Å². The first kappa shape index (κ1) is 9.42. The van der Waals surface area contributed by atoms with E-state index in [0.29, 0.717) is 0 Å². The van der Waals surface area contributed by atoms with Crippen molar-refractivity contribution in [2.45, 2.75) is 0 Å². The Balaban J connectivity index is 3.50. The first-order valence-electron chi connectivity index (χ1n) is 2.71. The predicted octanol–water partition coefficient (Wildman–Crippen LogP) is 0.830. The quantitative estimate of drug-likeness (QED) is 0.383. The van der Waals surface area contributed by atoms with E-state index < -0.39 is 33.4 Å². The molecular formula is C4F5N3O. The molecule has 9 heteroatoms. The molecule has 4 nitrogen and oxygen atoms in total. The van der Waals surface area contributed by atoms with Crippen molar-refractivity contribution in [3.05, 3.63) is 22.2 Å². The Bertz CT molecular complexity index is 388. The lowest BCUT2D eigenvalue weighted by Gasteiger charge is -2.02. The van der Waals surface area contributed by atoms with Gasteiger partial charge in [-0.25, -0.2) is 4.79 Å². The van der Waals surface area contributed by atoms with Crippen LogP contribution in [0, 0.1) is 11.8 Å². The highest BCUT2D eigenvalue weighted by Crippen LogP contribution is 2.17. The molecule has 0 bridgehead atoms. The van der Waals surface area contributed by atoms with Gasteiger partial charge < -0.3 is 0 Å². The summed E-state index contributed by atoms with van der Waals surface area (Å²) in [6.45, 7) is 0. The van der Waals surface area contributed by atoms with Crippen LogP contribution in [0.25, 0.3) is 0 Å². The molecule has 1 rings (SSSR count). The van der Waals surface area contributed by atoms with Gasteiger partial charge in [0.25, 0.3) is 5.95 Å². The second-order valence-electron chi connectivity index (χ2n) is 1.84. The van der Waals surface area contributed by atoms with Crippen LogP contribution in [-0.2, 0) is 0 Å². The van der Waals surface area contributed by atoms with Gasteiger partial charge in [-0.1, -0.05) is 18.2 Å². The number of hydrogen-bond acceptors (Lipinski definition) is 3. The summed E-state index contributed by atoms with van der Waals surface area (Å²) in [5, 5.41) is -1.93. The number of anilines is 1. The van der Waals surface area contributed by atoms with Crippen LogP contribution in [-0.4, -0.2) is 9.77 Å². The molecule has 0 amide bonds. The van der Waals surface area contributed by atoms with Crippen LogP contribution in [0.1, 0.15) is 0 Å². The molecule has 1 heterocycles. The molecule has 0 aliphatic carbocycles. The smallest absolute Gasteiger partial charge is 0.243 e. The normalized spacial score (nSPS) is 10.2. The number of rotatable bonds is 1. The summed E-state index contributed by atoms with van der Waals surface area (Å²) in [6, 6.07) is 0. The van der Waals surface area contributed by atoms with E-state index in [0.717, 1.165) is 0 Å². The maximum Gasteiger partial charge on any atom is 0.380 e. The van der Waals surface area contributed by atoms with E-state index >= 15 is 0 Å². The van der Waals surface area contributed by atoms with E-state index in [4.69, 9.17) is 0 Å². The fourth-order valence-electron chi connectivity index (χ4n) is 0.558. The van der Waals surface area contributed by atoms with Gasteiger partial charge in [0.1, 0.15) is 0 Å². The average molecular weight is 201 g/mol. The predicted molar refractivity (Wildman–Crippen MR) is 29.6 cm³/mol. The third kappa shape index (κ3) is 1.44. The summed E-state index contributed by atoms with van der Waals surface area (Å²) in [5.74, 6) is -6.46. The molecule has 0 spiro atoms. The zero-order chi connectivity index (χ0) is 10.2. The third-order valence-corrected chi connectivity index (χ3v) is 1.08. The molecule has 0 saturated carbocycles. The Hall–Kier alpha value is -1.67. The van der Waals surface area contributed by atoms with Gasteiger partial charge in [0.05, 0.1) is 0 Å². The Labute approximate surface area is 66.6 Å². The largest absolute Gasteiger partial charge is 0.380 e. The molecule has 0 fully saturated rings. The third-order valence-electron chi connectivity index (χ3n) is 1.08. The number of aromatic nitrogens is 2. The fourth-order valence-corrected chi connectivity index (χ4v) is 0.558. The highest BCUT2D eigenvalue weighted by atomic mass is 19.4. The van der Waals surface area contributed by atoms with Crippen molar-refractivity contribution in [3.63, 3.8) is 0 Å². The van der Waals surface area contributed by atoms with Gasteiger partial charge in [-0.3, -0.25) is 0 Å². The van der Waals surface area contributed by atoms with Gasteiger partial charge in [-0.2, -0.15) is 13.8 Å². The summed E-state index contributed by atoms with van der Waals surface area (Å²) >= 11 is 0. The van der Waals surface area contributed by atoms with Gasteiger partial charge in [0.2, 0.25) is 11.6 Å². The molecule has 0 N–H and O–H groups in total. The number of nitrogens with zero attached hydrogens (tertiary/aromatic N) is 3. The van der Waals surface area contributed by atoms with E-state index in [1.54, 1.807) is 0 Å². The van der Waals surface area contributed by atoms with Crippen LogP contribution in [0.2, 0.25) is 0 Å². The highest BCUT2D eigenvalue weighted by Gasteiger charge is 2.22. The van der Waals surface area contributed by atoms with Gasteiger partial charge >= 0.3 is 5.69 Å². The van der Waals surface area contributed by atoms with Gasteiger partial charge in [0.15, 0.2) is 0 Å². The highest BCUT2D eigenvalue weighted by molar-refractivity contribution is 5.31. The van der Waals surface area contributed by atoms with Crippen molar-refractivity contribution < 1.29 is 22.2 Å². The van der Waals surface area contributed by atoms with E-state index in [1.807, 2.05) is 0 Å². The van der Waals surface area contributed by atoms with Crippen LogP contribution in [0.3, 0.4) is 0 Å². The molecule has 1 aromatic rings. The molecule has 1 aromatic heterocycles. The van der Waals surface area contributed by atoms with Gasteiger partial charge in [-0.15, -0.1) is 0 Å². The molecule has 0 atom stereocenters. The Kier molecular flexibility index (Phi) is 2.17. The molecule has 0 radical (unpaired) electrons. The van der Waals surface area contributed by atoms with Crippen molar-refractivity contribution in [1.82, 2.24) is 9.77 Å². The monoisotopic (exact) mass is 201 g/mol. The molecule has 0 aromatic carbocycles. The average Bonchev–Trinajstić information content (AvgIpc) is 2.07. The summed E-state index contributed by atoms with van der Waals surface area (Å²) in [6.07, 6.45) is 0. The molecular weight excluding hydrogens is 201 g/mol. The molecule has 72 valence electrons. The van der Waals surface area contributed by atoms with Crippen molar-refractivity contribution in [2.24, 2.45) is 0 Å². The van der Waals surface area contributed by atoms with E-state index in [2.05, 4.69) is 4.98 Å². The summed E-state index contributed by atoms with van der Waals surface area (Å²) in [5.41, 5.74) is -1.96. The van der Waals surface area contributed by atoms with Crippen molar-refractivity contribution in [1.29, 1.82) is 0 Å². The minimum Gasteiger partial charge on any atom is -0.243 e. The lowest BCUT2D eigenvalue weighted by molar-refractivity contribution is 0.210. The summed E-state index contributed by atoms with van der Waals surface area (Å²) in [7, 11) is 0. The summed E-state index contributed by atoms with van der Waals surface area (Å²) in [4.78, 5) is 11.1. The SMILES string of the molecule is O=c1nc(N(F)F)c(F)c(F)n1F. The maximum atomic E-state index is 12.3. The van der Waals surface area contributed by atoms with Crippen molar-refractivity contribution in [2.75, 3.05) is 5.34 Å². The second kappa shape index (κ2) is 2.99. The van der Waals surface area contributed by atoms with Crippen LogP contribution in [0.5, 0.6) is 0 Å². The molecule has 0 aliphatic rings. The van der Waals surface area contributed by atoms with Crippen LogP contribution < -0.4 is 11.0 Å². The molecule has 13 heavy (non-hydrogen) atoms.